The minimum atomic E-state index is -0.942. The summed E-state index contributed by atoms with van der Waals surface area (Å²) in [6.07, 6.45) is 4.09. The summed E-state index contributed by atoms with van der Waals surface area (Å²) in [5.41, 5.74) is 0.501. The second-order valence-corrected chi connectivity index (χ2v) is 11.8. The van der Waals surface area contributed by atoms with E-state index in [1.165, 1.54) is 4.90 Å². The van der Waals surface area contributed by atoms with Crippen LogP contribution in [0.2, 0.25) is 0 Å². The first-order valence-electron chi connectivity index (χ1n) is 13.2. The Bertz CT molecular complexity index is 1180. The number of esters is 1. The summed E-state index contributed by atoms with van der Waals surface area (Å²) in [5, 5.41) is 4.63. The highest BCUT2D eigenvalue weighted by Crippen LogP contribution is 2.36. The molecule has 4 bridgehead atoms. The Hall–Kier alpha value is -2.88. The number of carbonyl (C=O) groups excluding carboxylic acids is 3. The number of rotatable bonds is 2. The van der Waals surface area contributed by atoms with Crippen LogP contribution in [0.1, 0.15) is 58.9 Å². The van der Waals surface area contributed by atoms with Gasteiger partial charge in [-0.3, -0.25) is 4.79 Å². The molecule has 0 spiro atoms. The van der Waals surface area contributed by atoms with Gasteiger partial charge in [-0.15, -0.1) is 0 Å². The summed E-state index contributed by atoms with van der Waals surface area (Å²) in [4.78, 5) is 45.0. The molecule has 9 nitrogen and oxygen atoms in total. The number of ether oxygens (including phenoxy) is 3. The van der Waals surface area contributed by atoms with Gasteiger partial charge in [-0.05, 0) is 61.1 Å². The third kappa shape index (κ3) is 6.22. The number of hydrogen-bond acceptors (Lipinski definition) is 7. The summed E-state index contributed by atoms with van der Waals surface area (Å²) in [6, 6.07) is 6.33. The van der Waals surface area contributed by atoms with Gasteiger partial charge in [0.1, 0.15) is 23.1 Å². The molecule has 3 heterocycles. The first kappa shape index (κ1) is 28.1. The minimum absolute atomic E-state index is 0.177. The molecule has 0 aliphatic carbocycles. The lowest BCUT2D eigenvalue weighted by molar-refractivity contribution is -0.154. The highest BCUT2D eigenvalue weighted by Gasteiger charge is 2.51. The molecule has 1 aromatic carbocycles. The predicted octanol–water partition coefficient (Wildman–Crippen LogP) is 4.73. The van der Waals surface area contributed by atoms with Crippen molar-refractivity contribution < 1.29 is 28.6 Å². The molecule has 206 valence electrons. The van der Waals surface area contributed by atoms with Crippen LogP contribution in [-0.2, 0) is 25.5 Å². The number of cyclic esters (lactones) is 1. The lowest BCUT2D eigenvalue weighted by Gasteiger charge is -2.36. The topological polar surface area (TPSA) is 107 Å². The van der Waals surface area contributed by atoms with Crippen LogP contribution >= 0.6 is 15.9 Å². The van der Waals surface area contributed by atoms with Crippen molar-refractivity contribution in [2.45, 2.75) is 82.9 Å². The van der Waals surface area contributed by atoms with Gasteiger partial charge in [0.25, 0.3) is 0 Å². The van der Waals surface area contributed by atoms with Crippen molar-refractivity contribution in [2.75, 3.05) is 13.2 Å². The molecular weight excluding hydrogens is 554 g/mol. The van der Waals surface area contributed by atoms with Crippen LogP contribution in [0.15, 0.2) is 30.5 Å². The van der Waals surface area contributed by atoms with E-state index in [1.807, 2.05) is 26.8 Å². The summed E-state index contributed by atoms with van der Waals surface area (Å²) < 4.78 is 17.1. The molecular formula is C28H36BrN3O6. The predicted molar refractivity (Wildman–Crippen MR) is 146 cm³/mol. The first-order chi connectivity index (χ1) is 18.1. The van der Waals surface area contributed by atoms with Gasteiger partial charge >= 0.3 is 12.1 Å². The second kappa shape index (κ2) is 11.9. The third-order valence-corrected chi connectivity index (χ3v) is 7.98. The zero-order valence-electron chi connectivity index (χ0n) is 22.4. The fourth-order valence-electron chi connectivity index (χ4n) is 4.94. The van der Waals surface area contributed by atoms with Crippen molar-refractivity contribution in [3.8, 4) is 5.88 Å². The van der Waals surface area contributed by atoms with Gasteiger partial charge in [0.2, 0.25) is 11.8 Å². The molecule has 38 heavy (non-hydrogen) atoms. The zero-order chi connectivity index (χ0) is 27.4. The highest BCUT2D eigenvalue weighted by molar-refractivity contribution is 9.09. The Morgan fingerprint density at radius 1 is 1.21 bits per heavy atom. The lowest BCUT2D eigenvalue weighted by Crippen LogP contribution is -2.58. The molecule has 2 aromatic rings. The van der Waals surface area contributed by atoms with Crippen molar-refractivity contribution in [3.05, 3.63) is 36.0 Å². The number of halogens is 1. The Kier molecular flexibility index (Phi) is 8.80. The number of nitrogens with zero attached hydrogens (tertiary/aromatic N) is 2. The van der Waals surface area contributed by atoms with Crippen LogP contribution in [0.5, 0.6) is 5.88 Å². The van der Waals surface area contributed by atoms with E-state index in [4.69, 9.17) is 14.2 Å². The molecule has 10 heteroatoms. The lowest BCUT2D eigenvalue weighted by atomic mass is 9.85. The maximum Gasteiger partial charge on any atom is 0.407 e. The van der Waals surface area contributed by atoms with Gasteiger partial charge in [0.05, 0.1) is 13.2 Å². The number of carbonyl (C=O) groups is 3. The smallest absolute Gasteiger partial charge is 0.407 e. The van der Waals surface area contributed by atoms with E-state index in [2.05, 4.69) is 44.4 Å². The van der Waals surface area contributed by atoms with E-state index in [0.29, 0.717) is 12.3 Å². The molecule has 2 aliphatic heterocycles. The standard InChI is InChI=1S/C28H36BrN3O6/c1-5-36-26(34)20-16-21-23(29)32(20)25(33)22(28(2,3)4)31-27(35)37-14-8-6-7-9-17-10-11-18-12-13-30-24(38-21)19(18)15-17/h10-13,15,20-23H,5-9,14,16H2,1-4H3,(H,31,35)/t20-,21+,22+,23?/m0/s1. The van der Waals surface area contributed by atoms with Crippen LogP contribution in [0.3, 0.4) is 0 Å². The fraction of sp³-hybridized carbons (Fsp3) is 0.571. The third-order valence-electron chi connectivity index (χ3n) is 6.95. The van der Waals surface area contributed by atoms with E-state index in [0.717, 1.165) is 35.6 Å². The molecule has 0 radical (unpaired) electrons. The molecule has 4 atom stereocenters. The van der Waals surface area contributed by atoms with Crippen LogP contribution < -0.4 is 10.1 Å². The van der Waals surface area contributed by atoms with Crippen molar-refractivity contribution in [3.63, 3.8) is 0 Å². The molecule has 0 saturated carbocycles. The quantitative estimate of drug-likeness (QED) is 0.306. The number of alkyl carbamates (subject to hydrolysis) is 1. The Labute approximate surface area is 231 Å². The number of hydrogen-bond donors (Lipinski definition) is 1. The van der Waals surface area contributed by atoms with Crippen molar-refractivity contribution in [2.24, 2.45) is 5.41 Å². The largest absolute Gasteiger partial charge is 0.471 e. The molecule has 2 amide bonds. The van der Waals surface area contributed by atoms with E-state index < -0.39 is 46.5 Å². The van der Waals surface area contributed by atoms with Crippen LogP contribution in [0, 0.1) is 5.41 Å². The van der Waals surface area contributed by atoms with Crippen molar-refractivity contribution >= 4 is 44.7 Å². The van der Waals surface area contributed by atoms with Crippen LogP contribution in [0.25, 0.3) is 10.8 Å². The average Bonchev–Trinajstić information content (AvgIpc) is 3.19. The average molecular weight is 591 g/mol. The summed E-state index contributed by atoms with van der Waals surface area (Å²) in [5.74, 6) is -0.494. The maximum atomic E-state index is 14.0. The second-order valence-electron chi connectivity index (χ2n) is 10.8. The first-order valence-corrected chi connectivity index (χ1v) is 14.1. The van der Waals surface area contributed by atoms with Gasteiger partial charge in [0.15, 0.2) is 0 Å². The van der Waals surface area contributed by atoms with Crippen LogP contribution in [-0.4, -0.2) is 64.2 Å². The number of alkyl halides is 1. The van der Waals surface area contributed by atoms with Gasteiger partial charge in [0, 0.05) is 18.0 Å². The van der Waals surface area contributed by atoms with Crippen molar-refractivity contribution in [1.29, 1.82) is 0 Å². The highest BCUT2D eigenvalue weighted by atomic mass is 79.9. The SMILES string of the molecule is CCOC(=O)[C@@H]1C[C@H]2Oc3nccc4ccc(cc34)CCCCCOC(=O)N[C@@H](C(C)(C)C)C(=O)N1C2Br. The molecule has 1 aromatic heterocycles. The molecule has 4 rings (SSSR count). The number of aromatic nitrogens is 1. The van der Waals surface area contributed by atoms with Gasteiger partial charge < -0.3 is 24.4 Å². The monoisotopic (exact) mass is 589 g/mol. The Morgan fingerprint density at radius 2 is 2.00 bits per heavy atom. The zero-order valence-corrected chi connectivity index (χ0v) is 24.0. The van der Waals surface area contributed by atoms with E-state index in [1.54, 1.807) is 13.1 Å². The summed E-state index contributed by atoms with van der Waals surface area (Å²) >= 11 is 3.63. The molecule has 1 unspecified atom stereocenters. The summed E-state index contributed by atoms with van der Waals surface area (Å²) in [7, 11) is 0. The summed E-state index contributed by atoms with van der Waals surface area (Å²) in [6.45, 7) is 7.72. The van der Waals surface area contributed by atoms with Gasteiger partial charge in [-0.2, -0.15) is 0 Å². The normalized spacial score (nSPS) is 25.2. The Balaban J connectivity index is 1.75. The van der Waals surface area contributed by atoms with E-state index in [9.17, 15) is 14.4 Å². The minimum Gasteiger partial charge on any atom is -0.471 e. The molecule has 2 aliphatic rings. The maximum absolute atomic E-state index is 14.0. The van der Waals surface area contributed by atoms with E-state index >= 15 is 0 Å². The van der Waals surface area contributed by atoms with Crippen molar-refractivity contribution in [1.82, 2.24) is 15.2 Å². The molecule has 1 fully saturated rings. The number of aryl methyl sites for hydroxylation is 1. The molecule has 1 saturated heterocycles. The number of fused-ring (bicyclic) bond motifs is 3. The van der Waals surface area contributed by atoms with Gasteiger partial charge in [-0.1, -0.05) is 48.8 Å². The van der Waals surface area contributed by atoms with E-state index in [-0.39, 0.29) is 19.6 Å². The molecule has 1 N–H and O–H groups in total. The Morgan fingerprint density at radius 3 is 2.74 bits per heavy atom. The number of benzene rings is 1. The number of nitrogens with one attached hydrogen (secondary N) is 1. The van der Waals surface area contributed by atoms with Gasteiger partial charge in [-0.25, -0.2) is 14.6 Å². The van der Waals surface area contributed by atoms with Crippen LogP contribution in [0.4, 0.5) is 4.79 Å². The number of pyridine rings is 1. The fourth-order valence-corrected chi connectivity index (χ4v) is 5.75. The number of amides is 2.